The maximum Gasteiger partial charge on any atom is 0.419 e. The monoisotopic (exact) mass is 637 g/mol. The lowest BCUT2D eigenvalue weighted by molar-refractivity contribution is -0.140. The van der Waals surface area contributed by atoms with Gasteiger partial charge in [0.05, 0.1) is 27.8 Å². The molecule has 0 aliphatic heterocycles. The van der Waals surface area contributed by atoms with E-state index in [9.17, 15) is 40.7 Å². The molecule has 0 unspecified atom stereocenters. The largest absolute Gasteiger partial charge is 0.419 e. The molecule has 0 aromatic heterocycles. The number of benzene rings is 3. The molecule has 3 N–H and O–H groups in total. The standard InChI is InChI=1S/C26H16Cl3F6N3O3/c1-10(39)36-22-17(31)6-7-18(21(22)32)38-23(40)13-9-12(3-4-15(13)27)37-24(41)20-19(25(20,28)29)11-2-5-16(30)14(8-11)26(33,34)35/h2-9,19-20H,1H3,(H,36,39)(H,37,41)(H,38,40)/t19-,20+/m0/s1. The second kappa shape index (κ2) is 11.1. The summed E-state index contributed by atoms with van der Waals surface area (Å²) in [4.78, 5) is 37.0. The highest BCUT2D eigenvalue weighted by molar-refractivity contribution is 6.53. The summed E-state index contributed by atoms with van der Waals surface area (Å²) in [6, 6.07) is 7.55. The molecule has 0 bridgehead atoms. The summed E-state index contributed by atoms with van der Waals surface area (Å²) < 4.78 is 80.0. The van der Waals surface area contributed by atoms with Crippen LogP contribution in [0.5, 0.6) is 0 Å². The molecule has 3 aromatic carbocycles. The lowest BCUT2D eigenvalue weighted by Crippen LogP contribution is -2.19. The molecule has 4 rings (SSSR count). The van der Waals surface area contributed by atoms with Gasteiger partial charge in [0.15, 0.2) is 5.82 Å². The van der Waals surface area contributed by atoms with Gasteiger partial charge in [-0.25, -0.2) is 13.2 Å². The normalized spacial score (nSPS) is 17.5. The molecule has 0 saturated heterocycles. The van der Waals surface area contributed by atoms with Gasteiger partial charge in [0, 0.05) is 18.5 Å². The summed E-state index contributed by atoms with van der Waals surface area (Å²) in [6.07, 6.45) is -4.99. The average molecular weight is 639 g/mol. The van der Waals surface area contributed by atoms with Crippen LogP contribution in [0.25, 0.3) is 0 Å². The first-order chi connectivity index (χ1) is 19.0. The van der Waals surface area contributed by atoms with E-state index in [1.54, 1.807) is 0 Å². The van der Waals surface area contributed by atoms with Crippen molar-refractivity contribution in [3.8, 4) is 0 Å². The number of carbonyl (C=O) groups excluding carboxylic acids is 3. The van der Waals surface area contributed by atoms with Crippen molar-refractivity contribution >= 4 is 69.6 Å². The van der Waals surface area contributed by atoms with E-state index in [-0.39, 0.29) is 21.8 Å². The quantitative estimate of drug-likeness (QED) is 0.193. The van der Waals surface area contributed by atoms with Crippen molar-refractivity contribution in [2.24, 2.45) is 5.92 Å². The molecule has 1 saturated carbocycles. The van der Waals surface area contributed by atoms with Crippen molar-refractivity contribution in [2.75, 3.05) is 16.0 Å². The van der Waals surface area contributed by atoms with E-state index in [0.717, 1.165) is 31.2 Å². The zero-order valence-electron chi connectivity index (χ0n) is 20.4. The Kier molecular flexibility index (Phi) is 8.23. The van der Waals surface area contributed by atoms with Crippen LogP contribution in [-0.4, -0.2) is 22.1 Å². The second-order valence-electron chi connectivity index (χ2n) is 8.97. The SMILES string of the molecule is CC(=O)Nc1c(F)ccc(NC(=O)c2cc(NC(=O)[C@H]3[C@H](c4ccc(F)c(C(F)(F)F)c4)C3(Cl)Cl)ccc2Cl)c1F. The first-order valence-corrected chi connectivity index (χ1v) is 12.6. The first-order valence-electron chi connectivity index (χ1n) is 11.4. The number of halogens is 9. The van der Waals surface area contributed by atoms with Gasteiger partial charge in [0.2, 0.25) is 11.8 Å². The van der Waals surface area contributed by atoms with Gasteiger partial charge in [0.25, 0.3) is 5.91 Å². The summed E-state index contributed by atoms with van der Waals surface area (Å²) in [5, 5.41) is 6.49. The molecule has 6 nitrogen and oxygen atoms in total. The second-order valence-corrected chi connectivity index (χ2v) is 10.8. The van der Waals surface area contributed by atoms with Crippen molar-refractivity contribution in [3.63, 3.8) is 0 Å². The molecule has 3 aromatic rings. The van der Waals surface area contributed by atoms with Gasteiger partial charge in [-0.15, -0.1) is 23.2 Å². The average Bonchev–Trinajstić information content (AvgIpc) is 3.45. The number of anilines is 3. The van der Waals surface area contributed by atoms with Gasteiger partial charge >= 0.3 is 6.18 Å². The Balaban J connectivity index is 1.53. The third-order valence-electron chi connectivity index (χ3n) is 6.11. The fraction of sp³-hybridized carbons (Fsp3) is 0.192. The molecular weight excluding hydrogens is 623 g/mol. The zero-order valence-corrected chi connectivity index (χ0v) is 22.7. The third-order valence-corrected chi connectivity index (χ3v) is 7.38. The highest BCUT2D eigenvalue weighted by Crippen LogP contribution is 2.65. The Hall–Kier alpha value is -3.48. The summed E-state index contributed by atoms with van der Waals surface area (Å²) in [5.74, 6) is -8.75. The van der Waals surface area contributed by atoms with Gasteiger partial charge < -0.3 is 16.0 Å². The van der Waals surface area contributed by atoms with Crippen LogP contribution in [0, 0.1) is 23.4 Å². The van der Waals surface area contributed by atoms with Gasteiger partial charge in [-0.05, 0) is 48.0 Å². The fourth-order valence-corrected chi connectivity index (χ4v) is 5.18. The van der Waals surface area contributed by atoms with Crippen LogP contribution in [0.2, 0.25) is 5.02 Å². The summed E-state index contributed by atoms with van der Waals surface area (Å²) in [6.45, 7) is 1.03. The Morgan fingerprint density at radius 2 is 1.54 bits per heavy atom. The third kappa shape index (κ3) is 6.24. The maximum atomic E-state index is 14.7. The van der Waals surface area contributed by atoms with E-state index in [0.29, 0.717) is 12.1 Å². The smallest absolute Gasteiger partial charge is 0.326 e. The molecular formula is C26H16Cl3F6N3O3. The van der Waals surface area contributed by atoms with E-state index in [4.69, 9.17) is 34.8 Å². The van der Waals surface area contributed by atoms with E-state index < -0.39 is 74.5 Å². The van der Waals surface area contributed by atoms with Crippen molar-refractivity contribution in [1.82, 2.24) is 0 Å². The van der Waals surface area contributed by atoms with E-state index in [1.807, 2.05) is 5.32 Å². The minimum absolute atomic E-state index is 0.00654. The molecule has 1 aliphatic rings. The molecule has 41 heavy (non-hydrogen) atoms. The lowest BCUT2D eigenvalue weighted by Gasteiger charge is -2.13. The highest BCUT2D eigenvalue weighted by atomic mass is 35.5. The van der Waals surface area contributed by atoms with Crippen molar-refractivity contribution in [1.29, 1.82) is 0 Å². The van der Waals surface area contributed by atoms with Gasteiger partial charge in [-0.3, -0.25) is 14.4 Å². The van der Waals surface area contributed by atoms with Crippen molar-refractivity contribution < 1.29 is 40.7 Å². The lowest BCUT2D eigenvalue weighted by atomic mass is 10.0. The van der Waals surface area contributed by atoms with Crippen LogP contribution in [0.1, 0.15) is 34.3 Å². The molecule has 0 spiro atoms. The molecule has 0 heterocycles. The van der Waals surface area contributed by atoms with E-state index in [2.05, 4.69) is 10.6 Å². The van der Waals surface area contributed by atoms with Crippen LogP contribution < -0.4 is 16.0 Å². The summed E-state index contributed by atoms with van der Waals surface area (Å²) >= 11 is 18.5. The minimum Gasteiger partial charge on any atom is -0.326 e. The molecule has 3 amide bonds. The number of hydrogen-bond donors (Lipinski definition) is 3. The summed E-state index contributed by atoms with van der Waals surface area (Å²) in [7, 11) is 0. The highest BCUT2D eigenvalue weighted by Gasteiger charge is 2.67. The van der Waals surface area contributed by atoms with Crippen LogP contribution in [-0.2, 0) is 15.8 Å². The number of rotatable bonds is 6. The molecule has 1 fully saturated rings. The van der Waals surface area contributed by atoms with Crippen molar-refractivity contribution in [3.05, 3.63) is 87.7 Å². The summed E-state index contributed by atoms with van der Waals surface area (Å²) in [5.41, 5.74) is -3.18. The maximum absolute atomic E-state index is 14.7. The van der Waals surface area contributed by atoms with Gasteiger partial charge in [-0.1, -0.05) is 17.7 Å². The van der Waals surface area contributed by atoms with E-state index in [1.165, 1.54) is 12.1 Å². The Morgan fingerprint density at radius 3 is 2.17 bits per heavy atom. The number of alkyl halides is 5. The number of amides is 3. The van der Waals surface area contributed by atoms with Gasteiger partial charge in [-0.2, -0.15) is 13.2 Å². The predicted molar refractivity (Wildman–Crippen MR) is 141 cm³/mol. The van der Waals surface area contributed by atoms with Crippen LogP contribution in [0.3, 0.4) is 0 Å². The number of nitrogens with one attached hydrogen (secondary N) is 3. The van der Waals surface area contributed by atoms with Crippen LogP contribution in [0.15, 0.2) is 48.5 Å². The minimum atomic E-state index is -4.99. The van der Waals surface area contributed by atoms with E-state index >= 15 is 0 Å². The number of hydrogen-bond acceptors (Lipinski definition) is 3. The van der Waals surface area contributed by atoms with Crippen molar-refractivity contribution in [2.45, 2.75) is 23.4 Å². The molecule has 15 heteroatoms. The van der Waals surface area contributed by atoms with Crippen LogP contribution >= 0.6 is 34.8 Å². The Labute approximate surface area is 242 Å². The first kappa shape index (κ1) is 30.5. The number of carbonyl (C=O) groups is 3. The van der Waals surface area contributed by atoms with Gasteiger partial charge in [0.1, 0.15) is 21.7 Å². The predicted octanol–water partition coefficient (Wildman–Crippen LogP) is 7.51. The molecule has 0 radical (unpaired) electrons. The zero-order chi connectivity index (χ0) is 30.4. The molecule has 1 aliphatic carbocycles. The molecule has 216 valence electrons. The topological polar surface area (TPSA) is 87.3 Å². The Morgan fingerprint density at radius 1 is 0.878 bits per heavy atom. The molecule has 2 atom stereocenters. The Bertz CT molecular complexity index is 1580. The van der Waals surface area contributed by atoms with Crippen LogP contribution in [0.4, 0.5) is 43.4 Å². The fourth-order valence-electron chi connectivity index (χ4n) is 4.15.